The third-order valence-electron chi connectivity index (χ3n) is 2.58. The molecule has 0 spiro atoms. The standard InChI is InChI=1S/C10H18N2S/c1-13-10(5-6-10)9-12-8-4-2-3-7-11/h12H,2-6,8-9H2,1H3. The normalized spacial score (nSPS) is 18.2. The highest BCUT2D eigenvalue weighted by molar-refractivity contribution is 8.00. The largest absolute Gasteiger partial charge is 0.315 e. The number of nitrogens with one attached hydrogen (secondary N) is 1. The zero-order valence-corrected chi connectivity index (χ0v) is 9.12. The zero-order valence-electron chi connectivity index (χ0n) is 8.31. The fraction of sp³-hybridized carbons (Fsp3) is 0.900. The van der Waals surface area contributed by atoms with Crippen molar-refractivity contribution in [3.63, 3.8) is 0 Å². The second-order valence-corrected chi connectivity index (χ2v) is 4.95. The molecule has 0 aliphatic heterocycles. The topological polar surface area (TPSA) is 35.8 Å². The number of rotatable bonds is 7. The fourth-order valence-electron chi connectivity index (χ4n) is 1.36. The minimum Gasteiger partial charge on any atom is -0.315 e. The summed E-state index contributed by atoms with van der Waals surface area (Å²) in [4.78, 5) is 0. The highest BCUT2D eigenvalue weighted by Crippen LogP contribution is 2.46. The Bertz CT molecular complexity index is 182. The molecule has 1 aliphatic carbocycles. The second kappa shape index (κ2) is 5.51. The molecule has 0 amide bonds. The first-order valence-corrected chi connectivity index (χ1v) is 6.18. The van der Waals surface area contributed by atoms with Gasteiger partial charge in [0.25, 0.3) is 0 Å². The number of nitriles is 1. The van der Waals surface area contributed by atoms with E-state index in [9.17, 15) is 0 Å². The first-order valence-electron chi connectivity index (χ1n) is 4.96. The van der Waals surface area contributed by atoms with E-state index in [0.717, 1.165) is 25.9 Å². The summed E-state index contributed by atoms with van der Waals surface area (Å²) in [5.74, 6) is 0. The van der Waals surface area contributed by atoms with Crippen molar-refractivity contribution in [2.24, 2.45) is 0 Å². The second-order valence-electron chi connectivity index (χ2n) is 3.68. The summed E-state index contributed by atoms with van der Waals surface area (Å²) in [7, 11) is 0. The van der Waals surface area contributed by atoms with Crippen molar-refractivity contribution < 1.29 is 0 Å². The van der Waals surface area contributed by atoms with Crippen LogP contribution in [0.2, 0.25) is 0 Å². The molecule has 0 bridgehead atoms. The molecule has 2 nitrogen and oxygen atoms in total. The molecule has 0 aromatic carbocycles. The summed E-state index contributed by atoms with van der Waals surface area (Å²) in [6.45, 7) is 2.23. The van der Waals surface area contributed by atoms with Crippen LogP contribution in [0.5, 0.6) is 0 Å². The summed E-state index contributed by atoms with van der Waals surface area (Å²) in [5, 5.41) is 11.8. The predicted octanol–water partition coefficient (Wildman–Crippen LogP) is 2.17. The number of hydrogen-bond acceptors (Lipinski definition) is 3. The maximum absolute atomic E-state index is 8.33. The van der Waals surface area contributed by atoms with E-state index in [1.807, 2.05) is 11.8 Å². The molecule has 1 aliphatic rings. The van der Waals surface area contributed by atoms with Crippen LogP contribution in [0.3, 0.4) is 0 Å². The molecule has 0 unspecified atom stereocenters. The van der Waals surface area contributed by atoms with Crippen LogP contribution in [-0.2, 0) is 0 Å². The van der Waals surface area contributed by atoms with Gasteiger partial charge in [-0.25, -0.2) is 0 Å². The van der Waals surface area contributed by atoms with Gasteiger partial charge >= 0.3 is 0 Å². The van der Waals surface area contributed by atoms with Gasteiger partial charge in [-0.05, 0) is 38.5 Å². The van der Waals surface area contributed by atoms with Crippen LogP contribution < -0.4 is 5.32 Å². The van der Waals surface area contributed by atoms with E-state index in [0.29, 0.717) is 11.2 Å². The van der Waals surface area contributed by atoms with E-state index in [4.69, 9.17) is 5.26 Å². The maximum atomic E-state index is 8.33. The first kappa shape index (κ1) is 10.9. The average Bonchev–Trinajstić information content (AvgIpc) is 2.92. The van der Waals surface area contributed by atoms with Gasteiger partial charge in [0.05, 0.1) is 6.07 Å². The summed E-state index contributed by atoms with van der Waals surface area (Å²) in [6, 6.07) is 2.17. The Balaban J connectivity index is 1.87. The molecular weight excluding hydrogens is 180 g/mol. The summed E-state index contributed by atoms with van der Waals surface area (Å²) in [6.07, 6.45) is 7.83. The number of nitrogens with zero attached hydrogens (tertiary/aromatic N) is 1. The maximum Gasteiger partial charge on any atom is 0.0621 e. The van der Waals surface area contributed by atoms with E-state index in [1.165, 1.54) is 12.8 Å². The molecule has 0 atom stereocenters. The van der Waals surface area contributed by atoms with Crippen LogP contribution in [-0.4, -0.2) is 24.1 Å². The third kappa shape index (κ3) is 4.02. The Labute approximate surface area is 85.1 Å². The molecule has 0 saturated heterocycles. The summed E-state index contributed by atoms with van der Waals surface area (Å²) >= 11 is 1.99. The van der Waals surface area contributed by atoms with Gasteiger partial charge in [0.15, 0.2) is 0 Å². The first-order chi connectivity index (χ1) is 6.33. The molecule has 1 rings (SSSR count). The van der Waals surface area contributed by atoms with Crippen molar-refractivity contribution in [3.05, 3.63) is 0 Å². The Morgan fingerprint density at radius 2 is 2.23 bits per heavy atom. The van der Waals surface area contributed by atoms with E-state index in [1.54, 1.807) is 0 Å². The molecule has 0 aromatic rings. The van der Waals surface area contributed by atoms with Crippen LogP contribution in [0, 0.1) is 11.3 Å². The minimum atomic E-state index is 0.579. The van der Waals surface area contributed by atoms with Crippen LogP contribution in [0.1, 0.15) is 32.1 Å². The Kier molecular flexibility index (Phi) is 4.61. The highest BCUT2D eigenvalue weighted by atomic mass is 32.2. The Morgan fingerprint density at radius 1 is 1.46 bits per heavy atom. The SMILES string of the molecule is CSC1(CNCCCCC#N)CC1. The lowest BCUT2D eigenvalue weighted by molar-refractivity contribution is 0.615. The quantitative estimate of drug-likeness (QED) is 0.637. The van der Waals surface area contributed by atoms with Crippen LogP contribution in [0.4, 0.5) is 0 Å². The van der Waals surface area contributed by atoms with Gasteiger partial charge in [0, 0.05) is 17.7 Å². The Hall–Kier alpha value is -0.200. The van der Waals surface area contributed by atoms with Crippen molar-refractivity contribution in [2.45, 2.75) is 36.9 Å². The van der Waals surface area contributed by atoms with E-state index in [-0.39, 0.29) is 0 Å². The van der Waals surface area contributed by atoms with Crippen LogP contribution in [0.25, 0.3) is 0 Å². The van der Waals surface area contributed by atoms with E-state index in [2.05, 4.69) is 17.6 Å². The molecule has 0 radical (unpaired) electrons. The van der Waals surface area contributed by atoms with Crippen molar-refractivity contribution in [3.8, 4) is 6.07 Å². The number of thioether (sulfide) groups is 1. The Morgan fingerprint density at radius 3 is 2.77 bits per heavy atom. The van der Waals surface area contributed by atoms with Crippen molar-refractivity contribution in [2.75, 3.05) is 19.3 Å². The van der Waals surface area contributed by atoms with E-state index < -0.39 is 0 Å². The fourth-order valence-corrected chi connectivity index (χ4v) is 2.12. The van der Waals surface area contributed by atoms with Gasteiger partial charge in [-0.3, -0.25) is 0 Å². The molecule has 13 heavy (non-hydrogen) atoms. The predicted molar refractivity (Wildman–Crippen MR) is 57.8 cm³/mol. The van der Waals surface area contributed by atoms with Crippen molar-refractivity contribution in [1.82, 2.24) is 5.32 Å². The summed E-state index contributed by atoms with van der Waals surface area (Å²) in [5.41, 5.74) is 0. The van der Waals surface area contributed by atoms with Gasteiger partial charge in [0.2, 0.25) is 0 Å². The van der Waals surface area contributed by atoms with Gasteiger partial charge in [-0.2, -0.15) is 17.0 Å². The van der Waals surface area contributed by atoms with Crippen LogP contribution in [0.15, 0.2) is 0 Å². The molecular formula is C10H18N2S. The van der Waals surface area contributed by atoms with Gasteiger partial charge < -0.3 is 5.32 Å². The summed E-state index contributed by atoms with van der Waals surface area (Å²) < 4.78 is 0.579. The minimum absolute atomic E-state index is 0.579. The molecule has 1 N–H and O–H groups in total. The smallest absolute Gasteiger partial charge is 0.0621 e. The molecule has 1 saturated carbocycles. The molecule has 3 heteroatoms. The molecule has 0 aromatic heterocycles. The highest BCUT2D eigenvalue weighted by Gasteiger charge is 2.41. The zero-order chi connectivity index (χ0) is 9.57. The lowest BCUT2D eigenvalue weighted by Gasteiger charge is -2.12. The van der Waals surface area contributed by atoms with Gasteiger partial charge in [-0.15, -0.1) is 0 Å². The monoisotopic (exact) mass is 198 g/mol. The van der Waals surface area contributed by atoms with Crippen molar-refractivity contribution in [1.29, 1.82) is 5.26 Å². The molecule has 1 fully saturated rings. The number of hydrogen-bond donors (Lipinski definition) is 1. The number of unbranched alkanes of at least 4 members (excludes halogenated alkanes) is 2. The lowest BCUT2D eigenvalue weighted by atomic mass is 10.2. The average molecular weight is 198 g/mol. The molecule has 74 valence electrons. The van der Waals surface area contributed by atoms with Gasteiger partial charge in [0.1, 0.15) is 0 Å². The third-order valence-corrected chi connectivity index (χ3v) is 4.00. The van der Waals surface area contributed by atoms with Gasteiger partial charge in [-0.1, -0.05) is 0 Å². The molecule has 0 heterocycles. The van der Waals surface area contributed by atoms with Crippen molar-refractivity contribution >= 4 is 11.8 Å². The lowest BCUT2D eigenvalue weighted by Crippen LogP contribution is -2.26. The van der Waals surface area contributed by atoms with E-state index >= 15 is 0 Å². The van der Waals surface area contributed by atoms with Crippen LogP contribution >= 0.6 is 11.8 Å².